The molecule has 0 aliphatic carbocycles. The predicted molar refractivity (Wildman–Crippen MR) is 146 cm³/mol. The lowest BCUT2D eigenvalue weighted by molar-refractivity contribution is 0.127. The maximum atomic E-state index is 12.7. The van der Waals surface area contributed by atoms with E-state index in [4.69, 9.17) is 4.74 Å². The van der Waals surface area contributed by atoms with E-state index >= 15 is 0 Å². The zero-order valence-corrected chi connectivity index (χ0v) is 20.1. The largest absolute Gasteiger partial charge is 0.497 e. The van der Waals surface area contributed by atoms with Gasteiger partial charge in [0.2, 0.25) is 0 Å². The molecule has 0 amide bonds. The molecular weight excluding hydrogens is 430 g/mol. The van der Waals surface area contributed by atoms with E-state index < -0.39 is 5.60 Å². The van der Waals surface area contributed by atoms with Crippen LogP contribution in [0.15, 0.2) is 103 Å². The molecule has 3 heteroatoms. The molecule has 1 N–H and O–H groups in total. The average Bonchev–Trinajstić information content (AvgIpc) is 2.91. The maximum absolute atomic E-state index is 12.7. The summed E-state index contributed by atoms with van der Waals surface area (Å²) in [7, 11) is 5.69. The summed E-state index contributed by atoms with van der Waals surface area (Å²) in [4.78, 5) is 2.06. The Bertz CT molecular complexity index is 1640. The molecule has 6 aromatic carbocycles. The van der Waals surface area contributed by atoms with Gasteiger partial charge in [0.25, 0.3) is 0 Å². The molecule has 0 aliphatic rings. The van der Waals surface area contributed by atoms with Crippen LogP contribution in [0.1, 0.15) is 16.7 Å². The number of hydrogen-bond donors (Lipinski definition) is 1. The van der Waals surface area contributed by atoms with Gasteiger partial charge in [-0.2, -0.15) is 0 Å². The van der Waals surface area contributed by atoms with Crippen LogP contribution in [0.3, 0.4) is 0 Å². The van der Waals surface area contributed by atoms with Gasteiger partial charge in [0, 0.05) is 25.3 Å². The summed E-state index contributed by atoms with van der Waals surface area (Å²) in [5.74, 6) is 0.759. The highest BCUT2D eigenvalue weighted by Gasteiger charge is 2.36. The number of nitrogens with zero attached hydrogens (tertiary/aromatic N) is 1. The number of aliphatic hydroxyl groups is 1. The number of rotatable bonds is 5. The van der Waals surface area contributed by atoms with Gasteiger partial charge >= 0.3 is 0 Å². The molecule has 0 heterocycles. The smallest absolute Gasteiger partial charge is 0.141 e. The van der Waals surface area contributed by atoms with Crippen molar-refractivity contribution in [3.63, 3.8) is 0 Å². The van der Waals surface area contributed by atoms with Crippen LogP contribution in [-0.4, -0.2) is 26.3 Å². The third-order valence-corrected chi connectivity index (χ3v) is 7.23. The highest BCUT2D eigenvalue weighted by atomic mass is 16.5. The first-order chi connectivity index (χ1) is 17.0. The number of benzene rings is 6. The van der Waals surface area contributed by atoms with Crippen LogP contribution in [-0.2, 0) is 5.60 Å². The van der Waals surface area contributed by atoms with Crippen LogP contribution in [0.4, 0.5) is 5.69 Å². The van der Waals surface area contributed by atoms with Crippen LogP contribution in [0.5, 0.6) is 5.75 Å². The molecular formula is C32H27NO2. The van der Waals surface area contributed by atoms with Crippen LogP contribution < -0.4 is 9.64 Å². The average molecular weight is 458 g/mol. The van der Waals surface area contributed by atoms with E-state index in [1.54, 1.807) is 7.11 Å². The van der Waals surface area contributed by atoms with Crippen LogP contribution in [0, 0.1) is 0 Å². The number of methoxy groups -OCH3 is 1. The molecule has 0 bridgehead atoms. The second kappa shape index (κ2) is 8.00. The van der Waals surface area contributed by atoms with Gasteiger partial charge in [-0.3, -0.25) is 0 Å². The van der Waals surface area contributed by atoms with Crippen LogP contribution >= 0.6 is 0 Å². The van der Waals surface area contributed by atoms with Gasteiger partial charge in [0.15, 0.2) is 0 Å². The normalized spacial score (nSPS) is 13.4. The minimum Gasteiger partial charge on any atom is -0.497 e. The highest BCUT2D eigenvalue weighted by molar-refractivity contribution is 6.23. The van der Waals surface area contributed by atoms with Crippen molar-refractivity contribution in [3.8, 4) is 5.75 Å². The molecule has 0 spiro atoms. The predicted octanol–water partition coefficient (Wildman–Crippen LogP) is 6.94. The van der Waals surface area contributed by atoms with Gasteiger partial charge in [-0.05, 0) is 67.7 Å². The lowest BCUT2D eigenvalue weighted by Crippen LogP contribution is -2.29. The van der Waals surface area contributed by atoms with Crippen molar-refractivity contribution in [2.45, 2.75) is 5.60 Å². The van der Waals surface area contributed by atoms with Gasteiger partial charge in [-0.15, -0.1) is 0 Å². The molecule has 0 fully saturated rings. The molecule has 6 aromatic rings. The van der Waals surface area contributed by atoms with Crippen molar-refractivity contribution < 1.29 is 9.84 Å². The molecule has 0 aromatic heterocycles. The fraction of sp³-hybridized carbons (Fsp3) is 0.125. The lowest BCUT2D eigenvalue weighted by atomic mass is 9.77. The summed E-state index contributed by atoms with van der Waals surface area (Å²) < 4.78 is 5.40. The maximum Gasteiger partial charge on any atom is 0.141 e. The Kier molecular flexibility index (Phi) is 4.91. The monoisotopic (exact) mass is 457 g/mol. The van der Waals surface area contributed by atoms with Gasteiger partial charge in [-0.1, -0.05) is 78.9 Å². The first-order valence-electron chi connectivity index (χ1n) is 11.8. The van der Waals surface area contributed by atoms with Crippen LogP contribution in [0.2, 0.25) is 0 Å². The number of anilines is 1. The van der Waals surface area contributed by atoms with Crippen molar-refractivity contribution in [1.29, 1.82) is 0 Å². The van der Waals surface area contributed by atoms with Gasteiger partial charge in [0.1, 0.15) is 11.4 Å². The van der Waals surface area contributed by atoms with Crippen molar-refractivity contribution in [3.05, 3.63) is 120 Å². The molecule has 3 nitrogen and oxygen atoms in total. The fourth-order valence-electron chi connectivity index (χ4n) is 5.36. The molecule has 0 aliphatic heterocycles. The molecule has 172 valence electrons. The molecule has 6 rings (SSSR count). The second-order valence-electron chi connectivity index (χ2n) is 9.35. The summed E-state index contributed by atoms with van der Waals surface area (Å²) in [6, 6.07) is 35.2. The summed E-state index contributed by atoms with van der Waals surface area (Å²) in [6.45, 7) is 0. The first kappa shape index (κ1) is 21.5. The molecule has 0 saturated heterocycles. The summed E-state index contributed by atoms with van der Waals surface area (Å²) in [6.07, 6.45) is 0. The minimum absolute atomic E-state index is 0.759. The Morgan fingerprint density at radius 3 is 1.77 bits per heavy atom. The molecule has 1 unspecified atom stereocenters. The van der Waals surface area contributed by atoms with Gasteiger partial charge in [-0.25, -0.2) is 0 Å². The quantitative estimate of drug-likeness (QED) is 0.225. The molecule has 35 heavy (non-hydrogen) atoms. The fourth-order valence-corrected chi connectivity index (χ4v) is 5.36. The SMILES string of the molecule is COc1ccc(C(O)(c2ccc(N(C)C)cc2)c2ccc3ccc4cccc5ccc2c3c45)cc1. The van der Waals surface area contributed by atoms with Crippen molar-refractivity contribution in [2.24, 2.45) is 0 Å². The summed E-state index contributed by atoms with van der Waals surface area (Å²) in [5.41, 5.74) is 2.22. The Labute approximate surface area is 205 Å². The summed E-state index contributed by atoms with van der Waals surface area (Å²) in [5, 5.41) is 19.8. The third-order valence-electron chi connectivity index (χ3n) is 7.23. The van der Waals surface area contributed by atoms with E-state index in [9.17, 15) is 5.11 Å². The Balaban J connectivity index is 1.68. The molecule has 0 saturated carbocycles. The minimum atomic E-state index is -1.35. The Hall–Kier alpha value is -4.08. The van der Waals surface area contributed by atoms with E-state index in [-0.39, 0.29) is 0 Å². The standard InChI is InChI=1S/C32H27NO2/c1-33(2)26-15-11-24(12-16-26)32(34,25-13-17-27(35-3)18-14-25)29-20-10-23-8-7-21-5-4-6-22-9-19-28(29)31(23)30(21)22/h4-20,34H,1-3H3. The summed E-state index contributed by atoms with van der Waals surface area (Å²) >= 11 is 0. The van der Waals surface area contributed by atoms with Crippen molar-refractivity contribution in [2.75, 3.05) is 26.1 Å². The topological polar surface area (TPSA) is 32.7 Å². The van der Waals surface area contributed by atoms with Crippen molar-refractivity contribution in [1.82, 2.24) is 0 Å². The van der Waals surface area contributed by atoms with E-state index in [0.717, 1.165) is 33.5 Å². The van der Waals surface area contributed by atoms with E-state index in [0.29, 0.717) is 0 Å². The van der Waals surface area contributed by atoms with Crippen LogP contribution in [0.25, 0.3) is 32.3 Å². The number of ether oxygens (including phenoxy) is 1. The first-order valence-corrected chi connectivity index (χ1v) is 11.8. The Morgan fingerprint density at radius 1 is 0.629 bits per heavy atom. The molecule has 1 atom stereocenters. The van der Waals surface area contributed by atoms with Gasteiger partial charge < -0.3 is 14.7 Å². The van der Waals surface area contributed by atoms with E-state index in [2.05, 4.69) is 71.6 Å². The number of hydrogen-bond acceptors (Lipinski definition) is 3. The third kappa shape index (κ3) is 3.23. The lowest BCUT2D eigenvalue weighted by Gasteiger charge is -2.32. The van der Waals surface area contributed by atoms with Gasteiger partial charge in [0.05, 0.1) is 7.11 Å². The second-order valence-corrected chi connectivity index (χ2v) is 9.35. The van der Waals surface area contributed by atoms with Crippen molar-refractivity contribution >= 4 is 38.0 Å². The Morgan fingerprint density at radius 2 is 1.17 bits per heavy atom. The highest BCUT2D eigenvalue weighted by Crippen LogP contribution is 2.44. The molecule has 0 radical (unpaired) electrons. The zero-order chi connectivity index (χ0) is 24.2. The van der Waals surface area contributed by atoms with E-state index in [1.165, 1.54) is 26.9 Å². The van der Waals surface area contributed by atoms with E-state index in [1.807, 2.05) is 50.5 Å². The zero-order valence-electron chi connectivity index (χ0n) is 20.1.